The van der Waals surface area contributed by atoms with Crippen molar-refractivity contribution in [3.8, 4) is 22.3 Å². The van der Waals surface area contributed by atoms with Crippen LogP contribution in [0.25, 0.3) is 76.5 Å². The third kappa shape index (κ3) is 7.20. The van der Waals surface area contributed by atoms with Gasteiger partial charge in [0.2, 0.25) is 0 Å². The maximum atomic E-state index is 2.35. The molecular weight excluding hydrogens is 745 g/mol. The number of rotatable bonds is 6. The Morgan fingerprint density at radius 3 is 0.774 bits per heavy atom. The quantitative estimate of drug-likeness (QED) is 0.116. The van der Waals surface area contributed by atoms with E-state index in [1.54, 1.807) is 0 Å². The lowest BCUT2D eigenvalue weighted by Crippen LogP contribution is -2.11. The van der Waals surface area contributed by atoms with Gasteiger partial charge in [0.15, 0.2) is 0 Å². The molecule has 10 aromatic rings. The summed E-state index contributed by atoms with van der Waals surface area (Å²) >= 11 is 0. The molecule has 0 bridgehead atoms. The first kappa shape index (κ1) is 39.1. The molecule has 0 saturated heterocycles. The number of fused-ring (bicyclic) bond motifs is 4. The van der Waals surface area contributed by atoms with Crippen LogP contribution in [0.2, 0.25) is 0 Å². The SMILES string of the molecule is CC(C)(C)c1ccc(/C(=C(/c2ccc(-c3c4ccccc4cc4ccccc34)cc2)c2ccc(C(C)(C)C)cc2)c2ccc(-c3c4ccccc4cc4ccccc34)cc2)cc1. The highest BCUT2D eigenvalue weighted by Crippen LogP contribution is 2.43. The van der Waals surface area contributed by atoms with Crippen LogP contribution in [-0.2, 0) is 10.8 Å². The highest BCUT2D eigenvalue weighted by atomic mass is 14.3. The van der Waals surface area contributed by atoms with E-state index in [0.29, 0.717) is 0 Å². The Kier molecular flexibility index (Phi) is 9.76. The van der Waals surface area contributed by atoms with Crippen molar-refractivity contribution in [3.63, 3.8) is 0 Å². The molecule has 0 nitrogen and oxygen atoms in total. The molecule has 0 atom stereocenters. The maximum absolute atomic E-state index is 2.35. The summed E-state index contributed by atoms with van der Waals surface area (Å²) in [4.78, 5) is 0. The third-order valence-electron chi connectivity index (χ3n) is 12.8. The molecule has 0 heteroatoms. The summed E-state index contributed by atoms with van der Waals surface area (Å²) in [7, 11) is 0. The van der Waals surface area contributed by atoms with Gasteiger partial charge in [0.05, 0.1) is 0 Å². The van der Waals surface area contributed by atoms with Crippen LogP contribution in [0.15, 0.2) is 206 Å². The van der Waals surface area contributed by atoms with Crippen LogP contribution in [0.4, 0.5) is 0 Å². The van der Waals surface area contributed by atoms with Crippen molar-refractivity contribution >= 4 is 54.2 Å². The highest BCUT2D eigenvalue weighted by molar-refractivity contribution is 6.14. The van der Waals surface area contributed by atoms with Gasteiger partial charge < -0.3 is 0 Å². The molecule has 10 aromatic carbocycles. The zero-order valence-corrected chi connectivity index (χ0v) is 36.6. The van der Waals surface area contributed by atoms with Crippen LogP contribution >= 0.6 is 0 Å². The molecule has 0 aliphatic heterocycles. The van der Waals surface area contributed by atoms with Crippen LogP contribution in [0.3, 0.4) is 0 Å². The van der Waals surface area contributed by atoms with Crippen molar-refractivity contribution in [1.29, 1.82) is 0 Å². The summed E-state index contributed by atoms with van der Waals surface area (Å²) in [5.74, 6) is 0. The number of hydrogen-bond donors (Lipinski definition) is 0. The van der Waals surface area contributed by atoms with E-state index < -0.39 is 0 Å². The number of benzene rings is 10. The van der Waals surface area contributed by atoms with E-state index in [1.807, 2.05) is 0 Å². The average Bonchev–Trinajstić information content (AvgIpc) is 3.29. The minimum Gasteiger partial charge on any atom is -0.0616 e. The van der Waals surface area contributed by atoms with E-state index >= 15 is 0 Å². The van der Waals surface area contributed by atoms with Crippen molar-refractivity contribution < 1.29 is 0 Å². The number of hydrogen-bond acceptors (Lipinski definition) is 0. The molecule has 0 heterocycles. The monoisotopic (exact) mass is 796 g/mol. The summed E-state index contributed by atoms with van der Waals surface area (Å²) in [6.45, 7) is 13.7. The molecule has 0 saturated carbocycles. The fourth-order valence-electron chi connectivity index (χ4n) is 9.44. The summed E-state index contributed by atoms with van der Waals surface area (Å²) in [6.07, 6.45) is 0. The zero-order chi connectivity index (χ0) is 42.6. The van der Waals surface area contributed by atoms with Gasteiger partial charge in [0.1, 0.15) is 0 Å². The predicted molar refractivity (Wildman–Crippen MR) is 269 cm³/mol. The first-order valence-electron chi connectivity index (χ1n) is 22.0. The van der Waals surface area contributed by atoms with Crippen LogP contribution < -0.4 is 0 Å². The lowest BCUT2D eigenvalue weighted by Gasteiger charge is -2.23. The summed E-state index contributed by atoms with van der Waals surface area (Å²) in [5, 5.41) is 10.1. The summed E-state index contributed by atoms with van der Waals surface area (Å²) < 4.78 is 0. The van der Waals surface area contributed by atoms with Crippen LogP contribution in [0, 0.1) is 0 Å². The molecule has 0 N–H and O–H groups in total. The molecule has 0 radical (unpaired) electrons. The maximum Gasteiger partial charge on any atom is -0.00268 e. The second kappa shape index (κ2) is 15.5. The Morgan fingerprint density at radius 2 is 0.516 bits per heavy atom. The van der Waals surface area contributed by atoms with Crippen molar-refractivity contribution in [2.75, 3.05) is 0 Å². The molecule has 300 valence electrons. The molecule has 0 aromatic heterocycles. The van der Waals surface area contributed by atoms with E-state index in [-0.39, 0.29) is 10.8 Å². The van der Waals surface area contributed by atoms with Gasteiger partial charge in [0.25, 0.3) is 0 Å². The molecule has 0 spiro atoms. The van der Waals surface area contributed by atoms with Crippen molar-refractivity contribution in [2.24, 2.45) is 0 Å². The first-order valence-corrected chi connectivity index (χ1v) is 22.0. The zero-order valence-electron chi connectivity index (χ0n) is 36.6. The van der Waals surface area contributed by atoms with Crippen LogP contribution in [0.1, 0.15) is 74.9 Å². The third-order valence-corrected chi connectivity index (χ3v) is 12.8. The summed E-state index contributed by atoms with van der Waals surface area (Å²) in [5.41, 5.74) is 14.9. The van der Waals surface area contributed by atoms with E-state index in [1.165, 1.54) is 110 Å². The van der Waals surface area contributed by atoms with E-state index in [0.717, 1.165) is 0 Å². The summed E-state index contributed by atoms with van der Waals surface area (Å²) in [6, 6.07) is 77.1. The Morgan fingerprint density at radius 1 is 0.274 bits per heavy atom. The highest BCUT2D eigenvalue weighted by Gasteiger charge is 2.21. The second-order valence-electron chi connectivity index (χ2n) is 18.9. The van der Waals surface area contributed by atoms with Gasteiger partial charge in [-0.1, -0.05) is 236 Å². The van der Waals surface area contributed by atoms with Gasteiger partial charge in [-0.25, -0.2) is 0 Å². The van der Waals surface area contributed by atoms with Gasteiger partial charge in [0, 0.05) is 0 Å². The molecule has 0 aliphatic carbocycles. The predicted octanol–water partition coefficient (Wildman–Crippen LogP) is 17.2. The van der Waals surface area contributed by atoms with Crippen molar-refractivity contribution in [1.82, 2.24) is 0 Å². The molecule has 10 rings (SSSR count). The Labute approximate surface area is 366 Å². The molecule has 0 unspecified atom stereocenters. The van der Waals surface area contributed by atoms with Gasteiger partial charge in [-0.3, -0.25) is 0 Å². The Bertz CT molecular complexity index is 2960. The van der Waals surface area contributed by atoms with Crippen LogP contribution in [0.5, 0.6) is 0 Å². The second-order valence-corrected chi connectivity index (χ2v) is 18.9. The Balaban J connectivity index is 1.21. The standard InChI is InChI=1S/C62H52/c1-61(2,3)51-35-31-43(32-36-51)57(41-23-27-45(28-24-41)59-53-19-11-7-15-47(53)39-48-16-8-12-20-54(48)59)58(44-33-37-52(38-34-44)62(4,5)6)42-25-29-46(30-26-42)60-55-21-13-9-17-49(55)40-50-18-10-14-22-56(50)60/h7-40H,1-6H3/b58-57-. The normalized spacial score (nSPS) is 12.6. The fraction of sp³-hybridized carbons (Fsp3) is 0.129. The minimum absolute atomic E-state index is 0.0402. The fourth-order valence-corrected chi connectivity index (χ4v) is 9.44. The largest absolute Gasteiger partial charge is 0.0616 e. The minimum atomic E-state index is 0.0402. The molecular formula is C62H52. The molecule has 0 amide bonds. The van der Waals surface area contributed by atoms with E-state index in [2.05, 4.69) is 248 Å². The lowest BCUT2D eigenvalue weighted by molar-refractivity contribution is 0.590. The molecule has 0 fully saturated rings. The van der Waals surface area contributed by atoms with Gasteiger partial charge in [-0.15, -0.1) is 0 Å². The lowest BCUT2D eigenvalue weighted by atomic mass is 9.81. The van der Waals surface area contributed by atoms with Crippen LogP contribution in [-0.4, -0.2) is 0 Å². The molecule has 0 aliphatic rings. The topological polar surface area (TPSA) is 0 Å². The van der Waals surface area contributed by atoms with Crippen molar-refractivity contribution in [2.45, 2.75) is 52.4 Å². The van der Waals surface area contributed by atoms with E-state index in [4.69, 9.17) is 0 Å². The van der Waals surface area contributed by atoms with Gasteiger partial charge in [-0.2, -0.15) is 0 Å². The molecule has 62 heavy (non-hydrogen) atoms. The first-order chi connectivity index (χ1) is 30.0. The van der Waals surface area contributed by atoms with E-state index in [9.17, 15) is 0 Å². The Hall–Kier alpha value is -7.02. The van der Waals surface area contributed by atoms with Gasteiger partial charge in [-0.05, 0) is 133 Å². The van der Waals surface area contributed by atoms with Gasteiger partial charge >= 0.3 is 0 Å². The average molecular weight is 797 g/mol. The van der Waals surface area contributed by atoms with Crippen molar-refractivity contribution in [3.05, 3.63) is 240 Å². The smallest absolute Gasteiger partial charge is 0.00268 e.